The number of hydrogen-bond acceptors (Lipinski definition) is 3. The van der Waals surface area contributed by atoms with Gasteiger partial charge in [0, 0.05) is 12.8 Å². The van der Waals surface area contributed by atoms with Gasteiger partial charge in [0.2, 0.25) is 0 Å². The molecule has 1 aromatic carbocycles. The highest BCUT2D eigenvalue weighted by atomic mass is 16.2. The van der Waals surface area contributed by atoms with E-state index in [9.17, 15) is 14.4 Å². The van der Waals surface area contributed by atoms with Crippen molar-refractivity contribution in [1.29, 1.82) is 0 Å². The second kappa shape index (κ2) is 5.79. The topological polar surface area (TPSA) is 51.2 Å². The monoisotopic (exact) mass is 300 g/mol. The molecule has 22 heavy (non-hydrogen) atoms. The minimum absolute atomic E-state index is 0.0893. The van der Waals surface area contributed by atoms with Crippen LogP contribution in [0, 0.1) is 40.5 Å². The average Bonchev–Trinajstić information content (AvgIpc) is 2.42. The lowest BCUT2D eigenvalue weighted by atomic mass is 9.72. The molecule has 0 aromatic heterocycles. The van der Waals surface area contributed by atoms with Crippen LogP contribution in [0.2, 0.25) is 0 Å². The molecule has 0 N–H and O–H groups in total. The van der Waals surface area contributed by atoms with E-state index in [2.05, 4.69) is 34.6 Å². The summed E-state index contributed by atoms with van der Waals surface area (Å²) in [5, 5.41) is 0. The second-order valence-corrected chi connectivity index (χ2v) is 6.62. The van der Waals surface area contributed by atoms with Gasteiger partial charge in [-0.3, -0.25) is 14.4 Å². The molecule has 1 aliphatic carbocycles. The number of Topliss-reactive ketones (excluding diaryl/α,β-unsaturated/α-hetero) is 3. The molecule has 1 aliphatic rings. The molecule has 2 rings (SSSR count). The predicted octanol–water partition coefficient (Wildman–Crippen LogP) is 3.45. The third-order valence-electron chi connectivity index (χ3n) is 5.41. The molecule has 0 radical (unpaired) electrons. The van der Waals surface area contributed by atoms with Gasteiger partial charge in [-0.1, -0.05) is 0 Å². The Morgan fingerprint density at radius 3 is 1.50 bits per heavy atom. The quantitative estimate of drug-likeness (QED) is 0.786. The van der Waals surface area contributed by atoms with Gasteiger partial charge in [0.25, 0.3) is 0 Å². The fourth-order valence-corrected chi connectivity index (χ4v) is 3.77. The van der Waals surface area contributed by atoms with Crippen molar-refractivity contribution >= 4 is 17.3 Å². The fraction of sp³-hybridized carbons (Fsp3) is 0.526. The Morgan fingerprint density at radius 1 is 0.773 bits per heavy atom. The maximum atomic E-state index is 12.2. The normalized spacial score (nSPS) is 22.1. The third kappa shape index (κ3) is 2.53. The molecule has 0 heterocycles. The Hall–Kier alpha value is -1.77. The summed E-state index contributed by atoms with van der Waals surface area (Å²) in [6, 6.07) is 0. The van der Waals surface area contributed by atoms with Crippen molar-refractivity contribution in [2.45, 2.75) is 60.3 Å². The van der Waals surface area contributed by atoms with Gasteiger partial charge in [0.1, 0.15) is 11.7 Å². The molecule has 0 aliphatic heterocycles. The summed E-state index contributed by atoms with van der Waals surface area (Å²) in [5.74, 6) is -1.87. The highest BCUT2D eigenvalue weighted by Gasteiger charge is 2.39. The third-order valence-corrected chi connectivity index (χ3v) is 5.41. The van der Waals surface area contributed by atoms with Crippen molar-refractivity contribution in [2.24, 2.45) is 5.92 Å². The standard InChI is InChI=1S/C19H24O3/c1-9-10(2)12(4)18(13(5)11(9)3)15-7-16(21)19(14(6)20)17(22)8-15/h15,19H,7-8H2,1-6H3. The van der Waals surface area contributed by atoms with E-state index >= 15 is 0 Å². The van der Waals surface area contributed by atoms with Crippen molar-refractivity contribution in [3.8, 4) is 0 Å². The van der Waals surface area contributed by atoms with Gasteiger partial charge in [-0.25, -0.2) is 0 Å². The maximum absolute atomic E-state index is 12.2. The second-order valence-electron chi connectivity index (χ2n) is 6.62. The number of rotatable bonds is 2. The summed E-state index contributed by atoms with van der Waals surface area (Å²) in [5.41, 5.74) is 7.21. The van der Waals surface area contributed by atoms with E-state index in [1.165, 1.54) is 34.7 Å². The summed E-state index contributed by atoms with van der Waals surface area (Å²) in [7, 11) is 0. The van der Waals surface area contributed by atoms with Gasteiger partial charge in [-0.2, -0.15) is 0 Å². The molecule has 1 saturated carbocycles. The zero-order valence-corrected chi connectivity index (χ0v) is 14.3. The molecule has 1 fully saturated rings. The van der Waals surface area contributed by atoms with Gasteiger partial charge >= 0.3 is 0 Å². The van der Waals surface area contributed by atoms with E-state index in [0.717, 1.165) is 5.56 Å². The number of carbonyl (C=O) groups is 3. The molecule has 1 aromatic rings. The molecule has 3 heteroatoms. The van der Waals surface area contributed by atoms with Gasteiger partial charge in [0.15, 0.2) is 11.6 Å². The smallest absolute Gasteiger partial charge is 0.151 e. The molecule has 0 bridgehead atoms. The molecular formula is C19H24O3. The van der Waals surface area contributed by atoms with Crippen LogP contribution in [0.15, 0.2) is 0 Å². The molecule has 0 atom stereocenters. The van der Waals surface area contributed by atoms with E-state index in [1.807, 2.05) is 0 Å². The Kier molecular flexibility index (Phi) is 4.37. The van der Waals surface area contributed by atoms with E-state index in [4.69, 9.17) is 0 Å². The maximum Gasteiger partial charge on any atom is 0.151 e. The van der Waals surface area contributed by atoms with Crippen LogP contribution in [0.3, 0.4) is 0 Å². The van der Waals surface area contributed by atoms with Crippen LogP contribution in [0.1, 0.15) is 59.1 Å². The van der Waals surface area contributed by atoms with Crippen LogP contribution in [-0.2, 0) is 14.4 Å². The summed E-state index contributed by atoms with van der Waals surface area (Å²) in [6.07, 6.45) is 0.583. The summed E-state index contributed by atoms with van der Waals surface area (Å²) >= 11 is 0. The highest BCUT2D eigenvalue weighted by molar-refractivity contribution is 6.20. The van der Waals surface area contributed by atoms with Crippen LogP contribution in [0.4, 0.5) is 0 Å². The summed E-state index contributed by atoms with van der Waals surface area (Å²) in [4.78, 5) is 36.0. The zero-order valence-electron chi connectivity index (χ0n) is 14.3. The summed E-state index contributed by atoms with van der Waals surface area (Å²) < 4.78 is 0. The molecule has 0 unspecified atom stereocenters. The first-order valence-corrected chi connectivity index (χ1v) is 7.79. The van der Waals surface area contributed by atoms with Gasteiger partial charge in [-0.05, 0) is 80.8 Å². The van der Waals surface area contributed by atoms with Crippen molar-refractivity contribution in [3.63, 3.8) is 0 Å². The lowest BCUT2D eigenvalue weighted by Crippen LogP contribution is -2.37. The van der Waals surface area contributed by atoms with E-state index in [0.29, 0.717) is 12.8 Å². The largest absolute Gasteiger partial charge is 0.299 e. The minimum Gasteiger partial charge on any atom is -0.299 e. The molecule has 0 amide bonds. The minimum atomic E-state index is -1.02. The van der Waals surface area contributed by atoms with E-state index in [1.54, 1.807) is 0 Å². The molecule has 0 spiro atoms. The number of ketones is 3. The Morgan fingerprint density at radius 2 is 1.14 bits per heavy atom. The Labute approximate surface area is 132 Å². The first-order valence-electron chi connectivity index (χ1n) is 7.79. The summed E-state index contributed by atoms with van der Waals surface area (Å²) in [6.45, 7) is 11.7. The zero-order chi connectivity index (χ0) is 16.8. The molecular weight excluding hydrogens is 276 g/mol. The Balaban J connectivity index is 2.49. The van der Waals surface area contributed by atoms with Crippen molar-refractivity contribution in [2.75, 3.05) is 0 Å². The lowest BCUT2D eigenvalue weighted by molar-refractivity contribution is -0.141. The van der Waals surface area contributed by atoms with E-state index < -0.39 is 5.92 Å². The number of hydrogen-bond donors (Lipinski definition) is 0. The molecule has 3 nitrogen and oxygen atoms in total. The Bertz CT molecular complexity index is 635. The highest BCUT2D eigenvalue weighted by Crippen LogP contribution is 2.38. The van der Waals surface area contributed by atoms with Gasteiger partial charge in [-0.15, -0.1) is 0 Å². The van der Waals surface area contributed by atoms with Crippen molar-refractivity contribution in [3.05, 3.63) is 33.4 Å². The number of carbonyl (C=O) groups excluding carboxylic acids is 3. The molecule has 0 saturated heterocycles. The lowest BCUT2D eigenvalue weighted by Gasteiger charge is -2.29. The first-order chi connectivity index (χ1) is 10.2. The van der Waals surface area contributed by atoms with Crippen LogP contribution in [-0.4, -0.2) is 17.3 Å². The predicted molar refractivity (Wildman–Crippen MR) is 86.3 cm³/mol. The number of benzene rings is 1. The SMILES string of the molecule is CC(=O)C1C(=O)CC(c2c(C)c(C)c(C)c(C)c2C)CC1=O. The van der Waals surface area contributed by atoms with Crippen molar-refractivity contribution in [1.82, 2.24) is 0 Å². The fourth-order valence-electron chi connectivity index (χ4n) is 3.77. The van der Waals surface area contributed by atoms with E-state index in [-0.39, 0.29) is 23.3 Å². The molecule has 118 valence electrons. The van der Waals surface area contributed by atoms with Gasteiger partial charge < -0.3 is 0 Å². The van der Waals surface area contributed by atoms with Crippen LogP contribution < -0.4 is 0 Å². The first kappa shape index (κ1) is 16.6. The van der Waals surface area contributed by atoms with Crippen LogP contribution in [0.5, 0.6) is 0 Å². The van der Waals surface area contributed by atoms with Crippen LogP contribution >= 0.6 is 0 Å². The van der Waals surface area contributed by atoms with Crippen molar-refractivity contribution < 1.29 is 14.4 Å². The van der Waals surface area contributed by atoms with Gasteiger partial charge in [0.05, 0.1) is 0 Å². The van der Waals surface area contributed by atoms with Crippen LogP contribution in [0.25, 0.3) is 0 Å². The average molecular weight is 300 g/mol.